The van der Waals surface area contributed by atoms with E-state index < -0.39 is 10.0 Å². The Hall–Kier alpha value is -2.38. The molecule has 1 N–H and O–H groups in total. The number of amides is 1. The highest BCUT2D eigenvalue weighted by molar-refractivity contribution is 7.89. The van der Waals surface area contributed by atoms with Gasteiger partial charge in [-0.1, -0.05) is 43.7 Å². The Balaban J connectivity index is 2.34. The highest BCUT2D eigenvalue weighted by Gasteiger charge is 2.24. The molecule has 0 saturated heterocycles. The minimum Gasteiger partial charge on any atom is -0.495 e. The highest BCUT2D eigenvalue weighted by Crippen LogP contribution is 2.30. The molecule has 1 atom stereocenters. The number of hydrogen-bond acceptors (Lipinski definition) is 4. The summed E-state index contributed by atoms with van der Waals surface area (Å²) in [5.74, 6) is -0.233. The number of carbonyl (C=O) groups excluding carboxylic acids is 1. The Morgan fingerprint density at radius 2 is 1.81 bits per heavy atom. The summed E-state index contributed by atoms with van der Waals surface area (Å²) in [4.78, 5) is 12.9. The van der Waals surface area contributed by atoms with Crippen LogP contribution in [0.2, 0.25) is 0 Å². The number of nitrogens with zero attached hydrogens (tertiary/aromatic N) is 1. The molecule has 0 bridgehead atoms. The van der Waals surface area contributed by atoms with Gasteiger partial charge in [-0.15, -0.1) is 0 Å². The zero-order valence-electron chi connectivity index (χ0n) is 16.1. The third-order valence-corrected chi connectivity index (χ3v) is 6.12. The molecule has 2 aromatic rings. The Morgan fingerprint density at radius 3 is 2.37 bits per heavy atom. The lowest BCUT2D eigenvalue weighted by molar-refractivity contribution is -0.117. The first kappa shape index (κ1) is 20.9. The molecule has 1 amide bonds. The first-order valence-corrected chi connectivity index (χ1v) is 10.2. The average Bonchev–Trinajstić information content (AvgIpc) is 2.66. The largest absolute Gasteiger partial charge is 0.495 e. The summed E-state index contributed by atoms with van der Waals surface area (Å²) in [7, 11) is 0.610. The van der Waals surface area contributed by atoms with Gasteiger partial charge in [-0.05, 0) is 30.2 Å². The fourth-order valence-corrected chi connectivity index (χ4v) is 3.88. The number of anilines is 1. The van der Waals surface area contributed by atoms with Gasteiger partial charge in [0.05, 0.1) is 13.0 Å². The van der Waals surface area contributed by atoms with E-state index in [1.807, 2.05) is 37.3 Å². The van der Waals surface area contributed by atoms with E-state index in [9.17, 15) is 13.2 Å². The topological polar surface area (TPSA) is 75.7 Å². The van der Waals surface area contributed by atoms with Crippen molar-refractivity contribution in [3.05, 3.63) is 54.1 Å². The van der Waals surface area contributed by atoms with Crippen molar-refractivity contribution in [3.63, 3.8) is 0 Å². The van der Waals surface area contributed by atoms with Gasteiger partial charge in [-0.2, -0.15) is 0 Å². The highest BCUT2D eigenvalue weighted by atomic mass is 32.2. The average molecular weight is 391 g/mol. The van der Waals surface area contributed by atoms with E-state index in [1.54, 1.807) is 12.1 Å². The number of nitrogens with one attached hydrogen (secondary N) is 1. The summed E-state index contributed by atoms with van der Waals surface area (Å²) in [6, 6.07) is 14.2. The summed E-state index contributed by atoms with van der Waals surface area (Å²) in [6.45, 7) is 2.03. The standard InChI is InChI=1S/C20H26N2O4S/c1-5-9-17(15-10-7-6-8-11-15)20(23)21-16-12-13-18(26-4)19(14-16)27(24,25)22(2)3/h6-8,10-14,17H,5,9H2,1-4H3,(H,21,23)/t17-/m0/s1. The van der Waals surface area contributed by atoms with Gasteiger partial charge in [-0.25, -0.2) is 12.7 Å². The lowest BCUT2D eigenvalue weighted by atomic mass is 9.93. The minimum absolute atomic E-state index is 0.0135. The zero-order valence-corrected chi connectivity index (χ0v) is 16.9. The van der Waals surface area contributed by atoms with Crippen LogP contribution in [0.25, 0.3) is 0 Å². The maximum Gasteiger partial charge on any atom is 0.246 e. The molecule has 6 nitrogen and oxygen atoms in total. The molecule has 0 aliphatic rings. The molecule has 0 unspecified atom stereocenters. The number of ether oxygens (including phenoxy) is 1. The molecular weight excluding hydrogens is 364 g/mol. The van der Waals surface area contributed by atoms with Crippen molar-refractivity contribution < 1.29 is 17.9 Å². The Bertz CT molecular complexity index is 880. The van der Waals surface area contributed by atoms with Gasteiger partial charge in [-0.3, -0.25) is 4.79 Å². The number of methoxy groups -OCH3 is 1. The lowest BCUT2D eigenvalue weighted by Gasteiger charge is -2.18. The second-order valence-corrected chi connectivity index (χ2v) is 8.51. The maximum atomic E-state index is 12.9. The van der Waals surface area contributed by atoms with Crippen molar-refractivity contribution >= 4 is 21.6 Å². The van der Waals surface area contributed by atoms with Crippen molar-refractivity contribution in [1.82, 2.24) is 4.31 Å². The molecule has 0 aromatic heterocycles. The number of rotatable bonds is 8. The van der Waals surface area contributed by atoms with Gasteiger partial charge in [0.15, 0.2) is 0 Å². The van der Waals surface area contributed by atoms with Gasteiger partial charge in [0.1, 0.15) is 10.6 Å². The van der Waals surface area contributed by atoms with E-state index in [-0.39, 0.29) is 22.5 Å². The molecular formula is C20H26N2O4S. The normalized spacial score (nSPS) is 12.6. The molecule has 0 fully saturated rings. The van der Waals surface area contributed by atoms with Gasteiger partial charge < -0.3 is 10.1 Å². The molecule has 0 radical (unpaired) electrons. The molecule has 0 saturated carbocycles. The van der Waals surface area contributed by atoms with Crippen LogP contribution >= 0.6 is 0 Å². The van der Waals surface area contributed by atoms with Crippen LogP contribution in [-0.4, -0.2) is 39.8 Å². The Kier molecular flexibility index (Phi) is 6.98. The number of sulfonamides is 1. The van der Waals surface area contributed by atoms with Crippen LogP contribution in [0.15, 0.2) is 53.4 Å². The van der Waals surface area contributed by atoms with Gasteiger partial charge in [0.2, 0.25) is 15.9 Å². The van der Waals surface area contributed by atoms with E-state index >= 15 is 0 Å². The predicted molar refractivity (Wildman–Crippen MR) is 107 cm³/mol. The van der Waals surface area contributed by atoms with E-state index in [0.717, 1.165) is 16.3 Å². The van der Waals surface area contributed by atoms with Crippen LogP contribution in [0.1, 0.15) is 31.2 Å². The first-order chi connectivity index (χ1) is 12.8. The van der Waals surface area contributed by atoms with Crippen LogP contribution in [0.5, 0.6) is 5.75 Å². The molecule has 27 heavy (non-hydrogen) atoms. The molecule has 2 aromatic carbocycles. The quantitative estimate of drug-likeness (QED) is 0.749. The number of carbonyl (C=O) groups is 1. The third-order valence-electron chi connectivity index (χ3n) is 4.29. The molecule has 0 aliphatic carbocycles. The summed E-state index contributed by atoms with van der Waals surface area (Å²) < 4.78 is 31.4. The van der Waals surface area contributed by atoms with E-state index in [2.05, 4.69) is 5.32 Å². The zero-order chi connectivity index (χ0) is 20.0. The van der Waals surface area contributed by atoms with Gasteiger partial charge >= 0.3 is 0 Å². The summed E-state index contributed by atoms with van der Waals surface area (Å²) in [5.41, 5.74) is 1.35. The van der Waals surface area contributed by atoms with Gasteiger partial charge in [0, 0.05) is 19.8 Å². The van der Waals surface area contributed by atoms with E-state index in [4.69, 9.17) is 4.74 Å². The monoisotopic (exact) mass is 390 g/mol. The SMILES string of the molecule is CCC[C@H](C(=O)Nc1ccc(OC)c(S(=O)(=O)N(C)C)c1)c1ccccc1. The Labute approximate surface area is 161 Å². The maximum absolute atomic E-state index is 12.9. The smallest absolute Gasteiger partial charge is 0.246 e. The third kappa shape index (κ3) is 4.87. The van der Waals surface area contributed by atoms with Crippen LogP contribution in [-0.2, 0) is 14.8 Å². The molecule has 2 rings (SSSR count). The molecule has 146 valence electrons. The second-order valence-electron chi connectivity index (χ2n) is 6.39. The van der Waals surface area contributed by atoms with Crippen molar-refractivity contribution in [1.29, 1.82) is 0 Å². The Morgan fingerprint density at radius 1 is 1.15 bits per heavy atom. The number of benzene rings is 2. The lowest BCUT2D eigenvalue weighted by Crippen LogP contribution is -2.24. The van der Waals surface area contributed by atoms with E-state index in [1.165, 1.54) is 27.3 Å². The predicted octanol–water partition coefficient (Wildman–Crippen LogP) is 3.47. The van der Waals surface area contributed by atoms with Crippen LogP contribution in [0, 0.1) is 0 Å². The van der Waals surface area contributed by atoms with Crippen molar-refractivity contribution in [2.75, 3.05) is 26.5 Å². The van der Waals surface area contributed by atoms with Crippen LogP contribution < -0.4 is 10.1 Å². The molecule has 0 heterocycles. The number of hydrogen-bond donors (Lipinski definition) is 1. The van der Waals surface area contributed by atoms with Gasteiger partial charge in [0.25, 0.3) is 0 Å². The molecule has 7 heteroatoms. The van der Waals surface area contributed by atoms with E-state index in [0.29, 0.717) is 12.1 Å². The summed E-state index contributed by atoms with van der Waals surface area (Å²) in [6.07, 6.45) is 1.56. The van der Waals surface area contributed by atoms with Crippen molar-refractivity contribution in [3.8, 4) is 5.75 Å². The summed E-state index contributed by atoms with van der Waals surface area (Å²) in [5, 5.41) is 2.85. The molecule has 0 aliphatic heterocycles. The fraction of sp³-hybridized carbons (Fsp3) is 0.350. The second kappa shape index (κ2) is 9.01. The molecule has 0 spiro atoms. The van der Waals surface area contributed by atoms with Crippen molar-refractivity contribution in [2.45, 2.75) is 30.6 Å². The fourth-order valence-electron chi connectivity index (χ4n) is 2.81. The first-order valence-electron chi connectivity index (χ1n) is 8.77. The van der Waals surface area contributed by atoms with Crippen molar-refractivity contribution in [2.24, 2.45) is 0 Å². The van der Waals surface area contributed by atoms with Crippen LogP contribution in [0.4, 0.5) is 5.69 Å². The van der Waals surface area contributed by atoms with Crippen LogP contribution in [0.3, 0.4) is 0 Å². The summed E-state index contributed by atoms with van der Waals surface area (Å²) >= 11 is 0. The minimum atomic E-state index is -3.70.